The molecule has 23 heavy (non-hydrogen) atoms. The monoisotopic (exact) mass is 316 g/mol. The van der Waals surface area contributed by atoms with Crippen molar-refractivity contribution in [3.63, 3.8) is 0 Å². The van der Waals surface area contributed by atoms with Crippen LogP contribution in [0.4, 0.5) is 0 Å². The molecule has 0 radical (unpaired) electrons. The van der Waals surface area contributed by atoms with Crippen LogP contribution in [-0.4, -0.2) is 59.8 Å². The van der Waals surface area contributed by atoms with Gasteiger partial charge in [0.2, 0.25) is 0 Å². The summed E-state index contributed by atoms with van der Waals surface area (Å²) in [5.74, 6) is 0. The van der Waals surface area contributed by atoms with E-state index in [0.717, 1.165) is 11.1 Å². The van der Waals surface area contributed by atoms with Crippen molar-refractivity contribution in [2.24, 2.45) is 0 Å². The van der Waals surface area contributed by atoms with Crippen LogP contribution in [0.15, 0.2) is 37.1 Å². The molecule has 8 heteroatoms. The van der Waals surface area contributed by atoms with E-state index in [1.165, 1.54) is 0 Å². The van der Waals surface area contributed by atoms with Crippen LogP contribution >= 0.6 is 0 Å². The van der Waals surface area contributed by atoms with E-state index in [1.807, 2.05) is 12.3 Å². The molecular weight excluding hydrogens is 300 g/mol. The number of hydrogen-bond acceptors (Lipinski definition) is 6. The highest BCUT2D eigenvalue weighted by atomic mass is 16.6. The minimum absolute atomic E-state index is 0.364. The zero-order valence-corrected chi connectivity index (χ0v) is 12.1. The number of hydrogen-bond donors (Lipinski definition) is 4. The van der Waals surface area contributed by atoms with E-state index in [0.29, 0.717) is 11.2 Å². The number of nitrogens with zero attached hydrogens (tertiary/aromatic N) is 3. The summed E-state index contributed by atoms with van der Waals surface area (Å²) < 4.78 is 7.21. The van der Waals surface area contributed by atoms with Gasteiger partial charge in [-0.2, -0.15) is 0 Å². The highest BCUT2D eigenvalue weighted by Gasteiger charge is 2.43. The smallest absolute Gasteiger partial charge is 0.164 e. The Labute approximate surface area is 131 Å². The number of nitrogens with one attached hydrogen (secondary N) is 1. The van der Waals surface area contributed by atoms with Crippen molar-refractivity contribution in [2.45, 2.75) is 24.5 Å². The van der Waals surface area contributed by atoms with Crippen LogP contribution in [-0.2, 0) is 4.74 Å². The van der Waals surface area contributed by atoms with Crippen molar-refractivity contribution in [3.8, 4) is 11.3 Å². The number of fused-ring (bicyclic) bond motifs is 1. The number of pyridine rings is 1. The molecule has 1 aliphatic rings. The average molecular weight is 316 g/mol. The molecule has 0 spiro atoms. The van der Waals surface area contributed by atoms with Gasteiger partial charge >= 0.3 is 0 Å². The van der Waals surface area contributed by atoms with Crippen molar-refractivity contribution >= 4 is 11.0 Å². The number of ether oxygens (including phenoxy) is 1. The minimum Gasteiger partial charge on any atom is -0.394 e. The molecule has 1 saturated heterocycles. The maximum Gasteiger partial charge on any atom is 0.164 e. The molecule has 0 unspecified atom stereocenters. The molecule has 0 bridgehead atoms. The Hall–Kier alpha value is -2.26. The fourth-order valence-electron chi connectivity index (χ4n) is 2.96. The standard InChI is InChI=1S/C15H16N4O4/c20-6-10-13(21)14(22)15(23-10)19-7-18-12-9(19)2-4-17-11(12)8-1-3-16-5-8/h1-5,7,10,13-16,20-22H,6H2/t10-,13-,14-,15-/m1/s1. The number of H-pyrrole nitrogens is 1. The maximum atomic E-state index is 10.2. The van der Waals surface area contributed by atoms with Crippen molar-refractivity contribution in [2.75, 3.05) is 6.61 Å². The molecule has 3 aromatic rings. The molecule has 3 aromatic heterocycles. The largest absolute Gasteiger partial charge is 0.394 e. The second-order valence-electron chi connectivity index (χ2n) is 5.51. The Balaban J connectivity index is 1.80. The van der Waals surface area contributed by atoms with Crippen LogP contribution in [0.5, 0.6) is 0 Å². The lowest BCUT2D eigenvalue weighted by Gasteiger charge is -2.17. The summed E-state index contributed by atoms with van der Waals surface area (Å²) in [6.45, 7) is -0.364. The van der Waals surface area contributed by atoms with Gasteiger partial charge in [0.05, 0.1) is 24.1 Å². The van der Waals surface area contributed by atoms with E-state index < -0.39 is 24.5 Å². The van der Waals surface area contributed by atoms with E-state index in [2.05, 4.69) is 15.0 Å². The molecule has 0 aromatic carbocycles. The second kappa shape index (κ2) is 5.43. The number of rotatable bonds is 3. The van der Waals surface area contributed by atoms with E-state index in [4.69, 9.17) is 4.74 Å². The summed E-state index contributed by atoms with van der Waals surface area (Å²) >= 11 is 0. The Morgan fingerprint density at radius 3 is 2.78 bits per heavy atom. The first kappa shape index (κ1) is 14.3. The summed E-state index contributed by atoms with van der Waals surface area (Å²) in [5, 5.41) is 29.3. The molecule has 0 saturated carbocycles. The number of aromatic amines is 1. The van der Waals surface area contributed by atoms with Crippen LogP contribution in [0.3, 0.4) is 0 Å². The van der Waals surface area contributed by atoms with Crippen LogP contribution in [0.2, 0.25) is 0 Å². The van der Waals surface area contributed by atoms with Gasteiger partial charge < -0.3 is 29.6 Å². The summed E-state index contributed by atoms with van der Waals surface area (Å²) in [6, 6.07) is 3.67. The Morgan fingerprint density at radius 2 is 2.09 bits per heavy atom. The average Bonchev–Trinajstić information content (AvgIpc) is 3.28. The highest BCUT2D eigenvalue weighted by Crippen LogP contribution is 2.33. The first-order valence-corrected chi connectivity index (χ1v) is 7.28. The third-order valence-corrected chi connectivity index (χ3v) is 4.16. The summed E-state index contributed by atoms with van der Waals surface area (Å²) in [6.07, 6.45) is 2.91. The minimum atomic E-state index is -1.14. The number of imidazole rings is 1. The zero-order chi connectivity index (χ0) is 16.0. The molecule has 120 valence electrons. The molecule has 4 rings (SSSR count). The predicted molar refractivity (Wildman–Crippen MR) is 80.3 cm³/mol. The molecule has 1 fully saturated rings. The fraction of sp³-hybridized carbons (Fsp3) is 0.333. The highest BCUT2D eigenvalue weighted by molar-refractivity contribution is 5.89. The van der Waals surface area contributed by atoms with Gasteiger partial charge in [-0.05, 0) is 12.1 Å². The number of aromatic nitrogens is 4. The summed E-state index contributed by atoms with van der Waals surface area (Å²) in [7, 11) is 0. The van der Waals surface area contributed by atoms with Crippen LogP contribution < -0.4 is 0 Å². The summed E-state index contributed by atoms with van der Waals surface area (Å²) in [4.78, 5) is 11.7. The lowest BCUT2D eigenvalue weighted by Crippen LogP contribution is -2.33. The van der Waals surface area contributed by atoms with Crippen LogP contribution in [0.25, 0.3) is 22.3 Å². The van der Waals surface area contributed by atoms with Crippen molar-refractivity contribution < 1.29 is 20.1 Å². The quantitative estimate of drug-likeness (QED) is 0.542. The van der Waals surface area contributed by atoms with E-state index >= 15 is 0 Å². The third-order valence-electron chi connectivity index (χ3n) is 4.16. The van der Waals surface area contributed by atoms with Gasteiger partial charge in [-0.25, -0.2) is 4.98 Å². The molecule has 1 aliphatic heterocycles. The maximum absolute atomic E-state index is 10.2. The van der Waals surface area contributed by atoms with Crippen molar-refractivity contribution in [1.82, 2.24) is 19.5 Å². The Morgan fingerprint density at radius 1 is 1.22 bits per heavy atom. The summed E-state index contributed by atoms with van der Waals surface area (Å²) in [5.41, 5.74) is 3.02. The molecule has 8 nitrogen and oxygen atoms in total. The number of aliphatic hydroxyl groups excluding tert-OH is 3. The molecule has 0 amide bonds. The van der Waals surface area contributed by atoms with Gasteiger partial charge in [0, 0.05) is 24.2 Å². The molecular formula is C15H16N4O4. The lowest BCUT2D eigenvalue weighted by atomic mass is 10.1. The van der Waals surface area contributed by atoms with E-state index in [9.17, 15) is 15.3 Å². The van der Waals surface area contributed by atoms with Crippen LogP contribution in [0.1, 0.15) is 6.23 Å². The normalized spacial score (nSPS) is 27.8. The first-order chi connectivity index (χ1) is 11.2. The molecule has 4 atom stereocenters. The molecule has 4 heterocycles. The van der Waals surface area contributed by atoms with Crippen molar-refractivity contribution in [1.29, 1.82) is 0 Å². The SMILES string of the molecule is OC[C@H]1O[C@@H](n2cnc3c(-c4cc[nH]c4)nccc32)[C@H](O)[C@@H]1O. The molecule has 0 aliphatic carbocycles. The van der Waals surface area contributed by atoms with Gasteiger partial charge in [-0.15, -0.1) is 0 Å². The fourth-order valence-corrected chi connectivity index (χ4v) is 2.96. The molecule has 4 N–H and O–H groups in total. The predicted octanol–water partition coefficient (Wildman–Crippen LogP) is 0.0379. The lowest BCUT2D eigenvalue weighted by molar-refractivity contribution is -0.0508. The Kier molecular flexibility index (Phi) is 3.38. The van der Waals surface area contributed by atoms with E-state index in [-0.39, 0.29) is 6.61 Å². The van der Waals surface area contributed by atoms with Crippen LogP contribution in [0, 0.1) is 0 Å². The van der Waals surface area contributed by atoms with Gasteiger partial charge in [0.1, 0.15) is 23.8 Å². The van der Waals surface area contributed by atoms with Gasteiger partial charge in [-0.3, -0.25) is 4.98 Å². The van der Waals surface area contributed by atoms with Gasteiger partial charge in [0.15, 0.2) is 6.23 Å². The number of aliphatic hydroxyl groups is 3. The second-order valence-corrected chi connectivity index (χ2v) is 5.51. The first-order valence-electron chi connectivity index (χ1n) is 7.28. The van der Waals surface area contributed by atoms with E-state index in [1.54, 1.807) is 29.4 Å². The Bertz CT molecular complexity index is 816. The third kappa shape index (κ3) is 2.15. The van der Waals surface area contributed by atoms with Gasteiger partial charge in [0.25, 0.3) is 0 Å². The van der Waals surface area contributed by atoms with Crippen molar-refractivity contribution in [3.05, 3.63) is 37.1 Å². The van der Waals surface area contributed by atoms with Gasteiger partial charge in [-0.1, -0.05) is 0 Å². The topological polar surface area (TPSA) is 116 Å². The zero-order valence-electron chi connectivity index (χ0n) is 12.1.